The zero-order valence-electron chi connectivity index (χ0n) is 7.47. The van der Waals surface area contributed by atoms with Crippen molar-refractivity contribution >= 4 is 34.3 Å². The summed E-state index contributed by atoms with van der Waals surface area (Å²) in [6, 6.07) is 0.389. The predicted octanol–water partition coefficient (Wildman–Crippen LogP) is 1.75. The van der Waals surface area contributed by atoms with Crippen LogP contribution in [0.25, 0.3) is 0 Å². The second-order valence-electron chi connectivity index (χ2n) is 3.03. The van der Waals surface area contributed by atoms with Crippen molar-refractivity contribution in [3.8, 4) is 0 Å². The SMILES string of the molecule is CC(N)CCCC(C)S[CH2][Sn]. The van der Waals surface area contributed by atoms with Gasteiger partial charge in [-0.1, -0.05) is 0 Å². The van der Waals surface area contributed by atoms with Crippen LogP contribution in [-0.4, -0.2) is 37.6 Å². The van der Waals surface area contributed by atoms with Crippen LogP contribution in [0.2, 0.25) is 0 Å². The molecule has 0 aliphatic heterocycles. The van der Waals surface area contributed by atoms with Crippen molar-refractivity contribution in [2.45, 2.75) is 44.4 Å². The van der Waals surface area contributed by atoms with Gasteiger partial charge < -0.3 is 0 Å². The van der Waals surface area contributed by atoms with Gasteiger partial charge in [-0.3, -0.25) is 0 Å². The molecule has 0 saturated heterocycles. The molecule has 0 aromatic carbocycles. The standard InChI is InChI=1S/C8H18NS.Sn/c1-7(9)5-4-6-8(2)10-3;/h7-8H,3-6,9H2,1-2H3;. The molecule has 0 heterocycles. The Labute approximate surface area is 88.0 Å². The Morgan fingerprint density at radius 2 is 2.00 bits per heavy atom. The molecular weight excluding hydrogens is 261 g/mol. The molecule has 0 aliphatic carbocycles. The Morgan fingerprint density at radius 3 is 2.45 bits per heavy atom. The number of hydrogen-bond acceptors (Lipinski definition) is 2. The molecule has 2 unspecified atom stereocenters. The van der Waals surface area contributed by atoms with E-state index in [1.807, 2.05) is 0 Å². The third-order valence-corrected chi connectivity index (χ3v) is 4.04. The Balaban J connectivity index is 3.10. The van der Waals surface area contributed by atoms with E-state index in [9.17, 15) is 0 Å². The van der Waals surface area contributed by atoms with Gasteiger partial charge in [-0.2, -0.15) is 0 Å². The van der Waals surface area contributed by atoms with Crippen molar-refractivity contribution in [3.05, 3.63) is 0 Å². The van der Waals surface area contributed by atoms with E-state index < -0.39 is 0 Å². The topological polar surface area (TPSA) is 26.0 Å². The van der Waals surface area contributed by atoms with Crippen LogP contribution in [-0.2, 0) is 0 Å². The molecular formula is C8H18NSSn. The second-order valence-corrected chi connectivity index (χ2v) is 6.93. The maximum absolute atomic E-state index is 5.65. The van der Waals surface area contributed by atoms with Crippen molar-refractivity contribution in [1.82, 2.24) is 0 Å². The average molecular weight is 279 g/mol. The molecule has 2 N–H and O–H groups in total. The number of hydrogen-bond donors (Lipinski definition) is 1. The fourth-order valence-electron chi connectivity index (χ4n) is 0.953. The van der Waals surface area contributed by atoms with Gasteiger partial charge in [-0.15, -0.1) is 0 Å². The van der Waals surface area contributed by atoms with E-state index in [4.69, 9.17) is 5.73 Å². The second kappa shape index (κ2) is 7.74. The van der Waals surface area contributed by atoms with E-state index in [2.05, 4.69) is 25.6 Å². The zero-order chi connectivity index (χ0) is 8.69. The van der Waals surface area contributed by atoms with Crippen molar-refractivity contribution in [2.24, 2.45) is 5.73 Å². The van der Waals surface area contributed by atoms with Gasteiger partial charge in [0.2, 0.25) is 0 Å². The summed E-state index contributed by atoms with van der Waals surface area (Å²) >= 11 is 3.72. The molecule has 0 spiro atoms. The molecule has 0 bridgehead atoms. The van der Waals surface area contributed by atoms with Gasteiger partial charge in [0, 0.05) is 0 Å². The molecule has 1 nitrogen and oxygen atoms in total. The first-order valence-electron chi connectivity index (χ1n) is 4.18. The predicted molar refractivity (Wildman–Crippen MR) is 55.2 cm³/mol. The number of nitrogens with two attached hydrogens (primary N) is 1. The fraction of sp³-hybridized carbons (Fsp3) is 1.00. The third kappa shape index (κ3) is 9.02. The molecule has 11 heavy (non-hydrogen) atoms. The third-order valence-electron chi connectivity index (χ3n) is 1.64. The van der Waals surface area contributed by atoms with Gasteiger partial charge in [0.25, 0.3) is 0 Å². The molecule has 0 aromatic heterocycles. The van der Waals surface area contributed by atoms with E-state index in [-0.39, 0.29) is 0 Å². The van der Waals surface area contributed by atoms with Gasteiger partial charge in [0.1, 0.15) is 0 Å². The molecule has 0 saturated carbocycles. The van der Waals surface area contributed by atoms with E-state index in [0.29, 0.717) is 6.04 Å². The van der Waals surface area contributed by atoms with E-state index in [1.165, 1.54) is 23.0 Å². The number of rotatable bonds is 6. The maximum atomic E-state index is 5.65. The summed E-state index contributed by atoms with van der Waals surface area (Å²) in [7, 11) is 0. The summed E-state index contributed by atoms with van der Waals surface area (Å²) in [5, 5.41) is 0.841. The van der Waals surface area contributed by atoms with Crippen LogP contribution in [0.4, 0.5) is 0 Å². The van der Waals surface area contributed by atoms with Crippen LogP contribution in [0, 0.1) is 0 Å². The summed E-state index contributed by atoms with van der Waals surface area (Å²) in [6.07, 6.45) is 3.81. The summed E-state index contributed by atoms with van der Waals surface area (Å²) in [5.74, 6) is 0. The van der Waals surface area contributed by atoms with Crippen LogP contribution in [0.3, 0.4) is 0 Å². The molecule has 0 fully saturated rings. The van der Waals surface area contributed by atoms with E-state index in [0.717, 1.165) is 5.25 Å². The molecule has 2 atom stereocenters. The van der Waals surface area contributed by atoms with E-state index in [1.54, 1.807) is 22.5 Å². The van der Waals surface area contributed by atoms with Gasteiger partial charge in [-0.25, -0.2) is 0 Å². The normalized spacial score (nSPS) is 16.4. The van der Waals surface area contributed by atoms with Crippen molar-refractivity contribution < 1.29 is 0 Å². The minimum absolute atomic E-state index is 0.389. The summed E-state index contributed by atoms with van der Waals surface area (Å²) < 4.78 is 1.33. The molecule has 65 valence electrons. The van der Waals surface area contributed by atoms with E-state index >= 15 is 0 Å². The van der Waals surface area contributed by atoms with Crippen molar-refractivity contribution in [1.29, 1.82) is 0 Å². The van der Waals surface area contributed by atoms with Crippen LogP contribution < -0.4 is 5.73 Å². The first kappa shape index (κ1) is 12.1. The first-order valence-corrected chi connectivity index (χ1v) is 7.25. The van der Waals surface area contributed by atoms with Gasteiger partial charge in [-0.05, 0) is 0 Å². The van der Waals surface area contributed by atoms with Gasteiger partial charge in [0.05, 0.1) is 0 Å². The molecule has 3 radical (unpaired) electrons. The molecule has 0 aromatic rings. The molecule has 0 amide bonds. The molecule has 3 heteroatoms. The Morgan fingerprint density at radius 1 is 1.36 bits per heavy atom. The molecule has 0 aliphatic rings. The molecule has 0 rings (SSSR count). The van der Waals surface area contributed by atoms with Crippen molar-refractivity contribution in [2.75, 3.05) is 3.77 Å². The van der Waals surface area contributed by atoms with Crippen LogP contribution in [0.15, 0.2) is 0 Å². The summed E-state index contributed by atoms with van der Waals surface area (Å²) in [6.45, 7) is 4.40. The number of thioether (sulfide) groups is 1. The zero-order valence-corrected chi connectivity index (χ0v) is 11.1. The summed E-state index contributed by atoms with van der Waals surface area (Å²) in [4.78, 5) is 0. The van der Waals surface area contributed by atoms with Gasteiger partial charge in [0.15, 0.2) is 0 Å². The van der Waals surface area contributed by atoms with Crippen molar-refractivity contribution in [3.63, 3.8) is 0 Å². The van der Waals surface area contributed by atoms with Gasteiger partial charge >= 0.3 is 88.2 Å². The average Bonchev–Trinajstić information content (AvgIpc) is 1.87. The van der Waals surface area contributed by atoms with Crippen LogP contribution in [0.1, 0.15) is 33.1 Å². The van der Waals surface area contributed by atoms with Crippen LogP contribution >= 0.6 is 11.8 Å². The quantitative estimate of drug-likeness (QED) is 0.750. The minimum atomic E-state index is 0.389. The van der Waals surface area contributed by atoms with Crippen LogP contribution in [0.5, 0.6) is 0 Å². The summed E-state index contributed by atoms with van der Waals surface area (Å²) in [5.41, 5.74) is 5.65. The first-order chi connectivity index (χ1) is 5.16. The Kier molecular flexibility index (Phi) is 8.52. The fourth-order valence-corrected chi connectivity index (χ4v) is 4.01. The monoisotopic (exact) mass is 280 g/mol. The Bertz CT molecular complexity index is 88.2. The Hall–Kier alpha value is 1.11.